The Balaban J connectivity index is 2.97. The van der Waals surface area contributed by atoms with E-state index in [1.54, 1.807) is 6.92 Å². The van der Waals surface area contributed by atoms with Gasteiger partial charge in [0.2, 0.25) is 0 Å². The summed E-state index contributed by atoms with van der Waals surface area (Å²) in [6.45, 7) is 6.12. The summed E-state index contributed by atoms with van der Waals surface area (Å²) in [4.78, 5) is 0. The molecule has 18 heavy (non-hydrogen) atoms. The first-order valence-electron chi connectivity index (χ1n) is 6.08. The lowest BCUT2D eigenvalue weighted by molar-refractivity contribution is 0.249. The first kappa shape index (κ1) is 14.6. The van der Waals surface area contributed by atoms with Crippen molar-refractivity contribution in [3.05, 3.63) is 17.9 Å². The summed E-state index contributed by atoms with van der Waals surface area (Å²) in [5, 5.41) is 12.4. The Morgan fingerprint density at radius 3 is 2.61 bits per heavy atom. The summed E-state index contributed by atoms with van der Waals surface area (Å²) in [5.41, 5.74) is 6.63. The third kappa shape index (κ3) is 3.50. The van der Waals surface area contributed by atoms with E-state index in [9.17, 15) is 9.50 Å². The highest BCUT2D eigenvalue weighted by atomic mass is 19.1. The monoisotopic (exact) mass is 256 g/mol. The molecule has 1 rings (SSSR count). The summed E-state index contributed by atoms with van der Waals surface area (Å²) in [7, 11) is 0. The second-order valence-electron chi connectivity index (χ2n) is 4.48. The Bertz CT molecular complexity index is 397. The third-order valence-corrected chi connectivity index (χ3v) is 2.75. The van der Waals surface area contributed by atoms with E-state index in [1.807, 2.05) is 13.8 Å². The van der Waals surface area contributed by atoms with Gasteiger partial charge in [-0.1, -0.05) is 13.8 Å². The van der Waals surface area contributed by atoms with Crippen LogP contribution in [0.2, 0.25) is 0 Å². The average Bonchev–Trinajstić information content (AvgIpc) is 2.30. The van der Waals surface area contributed by atoms with Crippen molar-refractivity contribution in [2.24, 2.45) is 5.92 Å². The first-order valence-corrected chi connectivity index (χ1v) is 6.08. The zero-order chi connectivity index (χ0) is 13.7. The van der Waals surface area contributed by atoms with Gasteiger partial charge in [0.05, 0.1) is 30.6 Å². The molecule has 1 aromatic carbocycles. The van der Waals surface area contributed by atoms with E-state index in [0.29, 0.717) is 18.0 Å². The minimum atomic E-state index is -0.481. The number of aliphatic hydroxyl groups excluding tert-OH is 1. The Labute approximate surface area is 107 Å². The molecule has 0 aliphatic heterocycles. The minimum Gasteiger partial charge on any atom is -0.491 e. The van der Waals surface area contributed by atoms with E-state index in [0.717, 1.165) is 0 Å². The molecule has 0 saturated heterocycles. The smallest absolute Gasteiger partial charge is 0.167 e. The molecule has 0 aliphatic carbocycles. The SMILES string of the molecule is CCOc1cc(NC(CO)C(C)C)c(N)cc1F. The van der Waals surface area contributed by atoms with Gasteiger partial charge >= 0.3 is 0 Å². The number of nitrogens with one attached hydrogen (secondary N) is 1. The van der Waals surface area contributed by atoms with Crippen molar-refractivity contribution >= 4 is 11.4 Å². The lowest BCUT2D eigenvalue weighted by atomic mass is 10.0. The van der Waals surface area contributed by atoms with Crippen LogP contribution in [0.5, 0.6) is 5.75 Å². The molecule has 1 aromatic rings. The van der Waals surface area contributed by atoms with Crippen LogP contribution < -0.4 is 15.8 Å². The van der Waals surface area contributed by atoms with Crippen molar-refractivity contribution in [2.45, 2.75) is 26.8 Å². The van der Waals surface area contributed by atoms with E-state index in [2.05, 4.69) is 5.32 Å². The van der Waals surface area contributed by atoms with Crippen LogP contribution in [0.1, 0.15) is 20.8 Å². The largest absolute Gasteiger partial charge is 0.491 e. The molecule has 5 heteroatoms. The van der Waals surface area contributed by atoms with Crippen molar-refractivity contribution in [1.82, 2.24) is 0 Å². The van der Waals surface area contributed by atoms with Gasteiger partial charge in [0, 0.05) is 12.1 Å². The van der Waals surface area contributed by atoms with Crippen LogP contribution in [0, 0.1) is 11.7 Å². The van der Waals surface area contributed by atoms with Gasteiger partial charge in [0.15, 0.2) is 11.6 Å². The number of benzene rings is 1. The molecule has 1 atom stereocenters. The number of aliphatic hydroxyl groups is 1. The van der Waals surface area contributed by atoms with Crippen LogP contribution in [0.25, 0.3) is 0 Å². The molecule has 0 heterocycles. The maximum atomic E-state index is 13.5. The van der Waals surface area contributed by atoms with Gasteiger partial charge in [0.25, 0.3) is 0 Å². The molecular weight excluding hydrogens is 235 g/mol. The molecule has 0 aliphatic rings. The van der Waals surface area contributed by atoms with E-state index in [1.165, 1.54) is 12.1 Å². The Morgan fingerprint density at radius 1 is 1.44 bits per heavy atom. The minimum absolute atomic E-state index is 0.0154. The fourth-order valence-corrected chi connectivity index (χ4v) is 1.58. The normalized spacial score (nSPS) is 12.6. The number of nitrogens with two attached hydrogens (primary N) is 1. The van der Waals surface area contributed by atoms with Crippen molar-refractivity contribution in [3.63, 3.8) is 0 Å². The van der Waals surface area contributed by atoms with Crippen LogP contribution in [0.4, 0.5) is 15.8 Å². The van der Waals surface area contributed by atoms with Gasteiger partial charge in [-0.3, -0.25) is 0 Å². The van der Waals surface area contributed by atoms with Gasteiger partial charge in [-0.05, 0) is 12.8 Å². The van der Waals surface area contributed by atoms with Crippen LogP contribution in [-0.2, 0) is 0 Å². The molecule has 1 unspecified atom stereocenters. The topological polar surface area (TPSA) is 67.5 Å². The van der Waals surface area contributed by atoms with Gasteiger partial charge < -0.3 is 20.9 Å². The Hall–Kier alpha value is -1.49. The van der Waals surface area contributed by atoms with Crippen LogP contribution in [0.15, 0.2) is 12.1 Å². The zero-order valence-electron chi connectivity index (χ0n) is 11.0. The Morgan fingerprint density at radius 2 is 2.11 bits per heavy atom. The quantitative estimate of drug-likeness (QED) is 0.683. The van der Waals surface area contributed by atoms with Crippen molar-refractivity contribution < 1.29 is 14.2 Å². The van der Waals surface area contributed by atoms with Crippen molar-refractivity contribution in [2.75, 3.05) is 24.3 Å². The summed E-state index contributed by atoms with van der Waals surface area (Å²) < 4.78 is 18.7. The maximum Gasteiger partial charge on any atom is 0.167 e. The predicted molar refractivity (Wildman–Crippen MR) is 71.3 cm³/mol. The lowest BCUT2D eigenvalue weighted by Crippen LogP contribution is -2.29. The highest BCUT2D eigenvalue weighted by molar-refractivity contribution is 5.69. The van der Waals surface area contributed by atoms with Gasteiger partial charge in [-0.2, -0.15) is 0 Å². The molecule has 0 saturated carbocycles. The fourth-order valence-electron chi connectivity index (χ4n) is 1.58. The summed E-state index contributed by atoms with van der Waals surface area (Å²) in [6, 6.07) is 2.62. The molecule has 0 radical (unpaired) electrons. The summed E-state index contributed by atoms with van der Waals surface area (Å²) in [5.74, 6) is -0.0883. The number of hydrogen-bond donors (Lipinski definition) is 3. The van der Waals surface area contributed by atoms with Gasteiger partial charge in [0.1, 0.15) is 0 Å². The summed E-state index contributed by atoms with van der Waals surface area (Å²) >= 11 is 0. The standard InChI is InChI=1S/C13H21FN2O2/c1-4-18-13-6-11(10(15)5-9(13)14)16-12(7-17)8(2)3/h5-6,8,12,16-17H,4,7,15H2,1-3H3. The molecule has 0 aromatic heterocycles. The molecule has 0 amide bonds. The molecular formula is C13H21FN2O2. The van der Waals surface area contributed by atoms with E-state index in [4.69, 9.17) is 10.5 Å². The average molecular weight is 256 g/mol. The number of rotatable bonds is 6. The van der Waals surface area contributed by atoms with Gasteiger partial charge in [-0.25, -0.2) is 4.39 Å². The van der Waals surface area contributed by atoms with Crippen molar-refractivity contribution in [1.29, 1.82) is 0 Å². The van der Waals surface area contributed by atoms with Crippen molar-refractivity contribution in [3.8, 4) is 5.75 Å². The third-order valence-electron chi connectivity index (χ3n) is 2.75. The van der Waals surface area contributed by atoms with Crippen LogP contribution in [0.3, 0.4) is 0 Å². The van der Waals surface area contributed by atoms with Crippen LogP contribution in [-0.4, -0.2) is 24.4 Å². The fraction of sp³-hybridized carbons (Fsp3) is 0.538. The first-order chi connectivity index (χ1) is 8.49. The predicted octanol–water partition coefficient (Wildman–Crippen LogP) is 2.24. The number of ether oxygens (including phenoxy) is 1. The van der Waals surface area contributed by atoms with E-state index in [-0.39, 0.29) is 24.3 Å². The van der Waals surface area contributed by atoms with Gasteiger partial charge in [-0.15, -0.1) is 0 Å². The zero-order valence-corrected chi connectivity index (χ0v) is 11.0. The van der Waals surface area contributed by atoms with Crippen LogP contribution >= 0.6 is 0 Å². The maximum absolute atomic E-state index is 13.5. The highest BCUT2D eigenvalue weighted by Crippen LogP contribution is 2.29. The number of nitrogen functional groups attached to an aromatic ring is 1. The second kappa shape index (κ2) is 6.44. The summed E-state index contributed by atoms with van der Waals surface area (Å²) in [6.07, 6.45) is 0. The number of anilines is 2. The number of hydrogen-bond acceptors (Lipinski definition) is 4. The molecule has 0 spiro atoms. The lowest BCUT2D eigenvalue weighted by Gasteiger charge is -2.22. The second-order valence-corrected chi connectivity index (χ2v) is 4.48. The Kier molecular flexibility index (Phi) is 5.22. The molecule has 102 valence electrons. The molecule has 0 fully saturated rings. The molecule has 4 N–H and O–H groups in total. The van der Waals surface area contributed by atoms with E-state index >= 15 is 0 Å². The number of halogens is 1. The molecule has 4 nitrogen and oxygen atoms in total. The highest BCUT2D eigenvalue weighted by Gasteiger charge is 2.15. The van der Waals surface area contributed by atoms with E-state index < -0.39 is 5.82 Å². The molecule has 0 bridgehead atoms.